The van der Waals surface area contributed by atoms with E-state index in [9.17, 15) is 4.79 Å². The van der Waals surface area contributed by atoms with Crippen LogP contribution in [0.5, 0.6) is 0 Å². The van der Waals surface area contributed by atoms with Crippen LogP contribution in [0.25, 0.3) is 38.9 Å². The molecule has 5 rings (SSSR count). The van der Waals surface area contributed by atoms with Crippen LogP contribution in [0.3, 0.4) is 0 Å². The van der Waals surface area contributed by atoms with Crippen LogP contribution in [-0.2, 0) is 0 Å². The van der Waals surface area contributed by atoms with Gasteiger partial charge in [-0.2, -0.15) is 9.61 Å². The Morgan fingerprint density at radius 3 is 2.78 bits per heavy atom. The summed E-state index contributed by atoms with van der Waals surface area (Å²) in [7, 11) is 0. The second-order valence-electron chi connectivity index (χ2n) is 6.33. The van der Waals surface area contributed by atoms with E-state index in [-0.39, 0.29) is 5.82 Å². The number of aromatic nitrogens is 5. The predicted molar refractivity (Wildman–Crippen MR) is 101 cm³/mol. The maximum Gasteiger partial charge on any atom is 0.439 e. The molecule has 0 radical (unpaired) electrons. The molecule has 8 heteroatoms. The fourth-order valence-corrected chi connectivity index (χ4v) is 3.35. The normalized spacial score (nSPS) is 11.4. The van der Waals surface area contributed by atoms with Crippen molar-refractivity contribution in [1.29, 1.82) is 0 Å². The van der Waals surface area contributed by atoms with Crippen molar-refractivity contribution in [3.63, 3.8) is 0 Å². The van der Waals surface area contributed by atoms with Gasteiger partial charge in [0.15, 0.2) is 11.5 Å². The number of anilines is 1. The van der Waals surface area contributed by atoms with E-state index in [0.717, 1.165) is 27.5 Å². The molecule has 3 N–H and O–H groups in total. The highest BCUT2D eigenvalue weighted by molar-refractivity contribution is 5.99. The molecular formula is C19H14N6O2. The lowest BCUT2D eigenvalue weighted by Crippen LogP contribution is -2.03. The predicted octanol–water partition coefficient (Wildman–Crippen LogP) is 2.78. The monoisotopic (exact) mass is 358 g/mol. The Bertz CT molecular complexity index is 1380. The third kappa shape index (κ3) is 2.30. The number of aryl methyl sites for hydroxylation is 1. The van der Waals surface area contributed by atoms with Crippen LogP contribution >= 0.6 is 0 Å². The number of aromatic amines is 1. The average molecular weight is 358 g/mol. The van der Waals surface area contributed by atoms with Crippen LogP contribution in [0.2, 0.25) is 0 Å². The minimum atomic E-state index is -0.639. The Balaban J connectivity index is 1.77. The van der Waals surface area contributed by atoms with Gasteiger partial charge in [-0.15, -0.1) is 0 Å². The first kappa shape index (κ1) is 15.3. The zero-order valence-corrected chi connectivity index (χ0v) is 14.3. The maximum atomic E-state index is 11.2. The van der Waals surface area contributed by atoms with Crippen LogP contribution in [0, 0.1) is 6.92 Å². The zero-order chi connectivity index (χ0) is 18.5. The van der Waals surface area contributed by atoms with Crippen molar-refractivity contribution in [2.45, 2.75) is 6.92 Å². The summed E-state index contributed by atoms with van der Waals surface area (Å²) in [4.78, 5) is 18.2. The quantitative estimate of drug-likeness (QED) is 0.501. The SMILES string of the molecule is Cc1cc(-c2cnc3c(-c4noc(=O)[nH]4)cnn3c2N)c2ccccc2c1. The smallest absolute Gasteiger partial charge is 0.383 e. The number of nitrogen functional groups attached to an aromatic ring is 1. The van der Waals surface area contributed by atoms with Gasteiger partial charge in [-0.25, -0.2) is 9.78 Å². The van der Waals surface area contributed by atoms with E-state index in [1.807, 2.05) is 19.1 Å². The Morgan fingerprint density at radius 2 is 1.96 bits per heavy atom. The molecule has 0 bridgehead atoms. The topological polar surface area (TPSA) is 115 Å². The first-order valence-electron chi connectivity index (χ1n) is 8.30. The van der Waals surface area contributed by atoms with Crippen molar-refractivity contribution in [2.24, 2.45) is 0 Å². The Hall–Kier alpha value is -3.94. The summed E-state index contributed by atoms with van der Waals surface area (Å²) in [5.41, 5.74) is 10.4. The molecule has 0 saturated heterocycles. The highest BCUT2D eigenvalue weighted by Gasteiger charge is 2.17. The molecule has 0 unspecified atom stereocenters. The van der Waals surface area contributed by atoms with Gasteiger partial charge in [0, 0.05) is 11.8 Å². The third-order valence-electron chi connectivity index (χ3n) is 4.56. The van der Waals surface area contributed by atoms with Crippen molar-refractivity contribution < 1.29 is 4.52 Å². The van der Waals surface area contributed by atoms with Crippen LogP contribution in [0.4, 0.5) is 5.82 Å². The standard InChI is InChI=1S/C19H14N6O2/c1-10-6-11-4-2-3-5-12(11)13(7-10)14-8-21-18-15(9-22-25(18)16(14)20)17-23-19(26)27-24-17/h2-9H,20H2,1H3,(H,23,24,26). The zero-order valence-electron chi connectivity index (χ0n) is 14.3. The minimum absolute atomic E-state index is 0.260. The van der Waals surface area contributed by atoms with Crippen molar-refractivity contribution in [1.82, 2.24) is 24.7 Å². The van der Waals surface area contributed by atoms with Crippen molar-refractivity contribution in [2.75, 3.05) is 5.73 Å². The number of rotatable bonds is 2. The molecule has 3 aromatic heterocycles. The van der Waals surface area contributed by atoms with E-state index in [1.54, 1.807) is 12.4 Å². The van der Waals surface area contributed by atoms with Gasteiger partial charge in [0.05, 0.1) is 11.8 Å². The van der Waals surface area contributed by atoms with Gasteiger partial charge in [-0.1, -0.05) is 41.6 Å². The molecule has 8 nitrogen and oxygen atoms in total. The lowest BCUT2D eigenvalue weighted by atomic mass is 9.97. The fraction of sp³-hybridized carbons (Fsp3) is 0.0526. The summed E-state index contributed by atoms with van der Waals surface area (Å²) in [5, 5.41) is 10.2. The molecule has 3 heterocycles. The van der Waals surface area contributed by atoms with Gasteiger partial charge >= 0.3 is 5.76 Å². The number of nitrogens with two attached hydrogens (primary N) is 1. The molecule has 27 heavy (non-hydrogen) atoms. The molecule has 0 aliphatic carbocycles. The van der Waals surface area contributed by atoms with E-state index < -0.39 is 5.76 Å². The first-order valence-corrected chi connectivity index (χ1v) is 8.30. The number of nitrogens with zero attached hydrogens (tertiary/aromatic N) is 4. The lowest BCUT2D eigenvalue weighted by Gasteiger charge is -2.11. The molecular weight excluding hydrogens is 344 g/mol. The molecule has 0 aliphatic heterocycles. The highest BCUT2D eigenvalue weighted by Crippen LogP contribution is 2.34. The first-order chi connectivity index (χ1) is 13.1. The Kier molecular flexibility index (Phi) is 3.14. The summed E-state index contributed by atoms with van der Waals surface area (Å²) in [5.74, 6) is 0.0728. The number of hydrogen-bond donors (Lipinski definition) is 2. The average Bonchev–Trinajstić information content (AvgIpc) is 3.28. The number of benzene rings is 2. The van der Waals surface area contributed by atoms with Crippen LogP contribution in [0.1, 0.15) is 5.56 Å². The van der Waals surface area contributed by atoms with E-state index in [2.05, 4.69) is 49.0 Å². The summed E-state index contributed by atoms with van der Waals surface area (Å²) < 4.78 is 6.10. The maximum absolute atomic E-state index is 11.2. The summed E-state index contributed by atoms with van der Waals surface area (Å²) >= 11 is 0. The Labute approximate surface area is 152 Å². The number of nitrogens with one attached hydrogen (secondary N) is 1. The van der Waals surface area contributed by atoms with Gasteiger partial charge in [0.1, 0.15) is 5.82 Å². The second kappa shape index (κ2) is 5.53. The van der Waals surface area contributed by atoms with Gasteiger partial charge < -0.3 is 5.73 Å². The lowest BCUT2D eigenvalue weighted by molar-refractivity contribution is 0.388. The van der Waals surface area contributed by atoms with Crippen molar-refractivity contribution in [3.05, 3.63) is 64.9 Å². The molecule has 0 fully saturated rings. The van der Waals surface area contributed by atoms with E-state index >= 15 is 0 Å². The van der Waals surface area contributed by atoms with Gasteiger partial charge in [-0.3, -0.25) is 9.51 Å². The number of H-pyrrole nitrogens is 1. The highest BCUT2D eigenvalue weighted by atomic mass is 16.5. The van der Waals surface area contributed by atoms with E-state index in [4.69, 9.17) is 5.73 Å². The summed E-state index contributed by atoms with van der Waals surface area (Å²) in [6, 6.07) is 12.4. The summed E-state index contributed by atoms with van der Waals surface area (Å²) in [6.07, 6.45) is 3.26. The molecule has 0 atom stereocenters. The van der Waals surface area contributed by atoms with E-state index in [0.29, 0.717) is 17.0 Å². The molecule has 0 spiro atoms. The molecule has 0 amide bonds. The van der Waals surface area contributed by atoms with Gasteiger partial charge in [0.2, 0.25) is 0 Å². The third-order valence-corrected chi connectivity index (χ3v) is 4.56. The number of hydrogen-bond acceptors (Lipinski definition) is 6. The van der Waals surface area contributed by atoms with Gasteiger partial charge in [-0.05, 0) is 28.8 Å². The second-order valence-corrected chi connectivity index (χ2v) is 6.33. The minimum Gasteiger partial charge on any atom is -0.383 e. The molecule has 0 aliphatic rings. The molecule has 132 valence electrons. The fourth-order valence-electron chi connectivity index (χ4n) is 3.35. The molecule has 0 saturated carbocycles. The molecule has 2 aromatic carbocycles. The number of fused-ring (bicyclic) bond motifs is 2. The Morgan fingerprint density at radius 1 is 1.11 bits per heavy atom. The van der Waals surface area contributed by atoms with Crippen LogP contribution in [0.15, 0.2) is 58.1 Å². The molecule has 5 aromatic rings. The van der Waals surface area contributed by atoms with Crippen LogP contribution in [-0.4, -0.2) is 24.7 Å². The van der Waals surface area contributed by atoms with Gasteiger partial charge in [0.25, 0.3) is 0 Å². The van der Waals surface area contributed by atoms with Crippen LogP contribution < -0.4 is 11.5 Å². The summed E-state index contributed by atoms with van der Waals surface area (Å²) in [6.45, 7) is 2.05. The van der Waals surface area contributed by atoms with Crippen molar-refractivity contribution >= 4 is 22.2 Å². The van der Waals surface area contributed by atoms with E-state index in [1.165, 1.54) is 4.52 Å². The van der Waals surface area contributed by atoms with Crippen molar-refractivity contribution in [3.8, 4) is 22.5 Å². The largest absolute Gasteiger partial charge is 0.439 e.